The second-order valence-corrected chi connectivity index (χ2v) is 5.43. The highest BCUT2D eigenvalue weighted by Crippen LogP contribution is 2.28. The number of rotatable bonds is 3. The largest absolute Gasteiger partial charge is 0.372 e. The molecule has 1 aliphatic heterocycles. The second-order valence-electron chi connectivity index (χ2n) is 4.87. The third-order valence-electron chi connectivity index (χ3n) is 3.19. The molecule has 104 valence electrons. The smallest absolute Gasteiger partial charge is 0.273 e. The predicted octanol–water partition coefficient (Wildman–Crippen LogP) is 3.10. The molecule has 0 radical (unpaired) electrons. The molecule has 1 fully saturated rings. The second kappa shape index (κ2) is 5.88. The zero-order valence-electron chi connectivity index (χ0n) is 11.0. The van der Waals surface area contributed by atoms with Crippen molar-refractivity contribution in [1.29, 1.82) is 0 Å². The van der Waals surface area contributed by atoms with E-state index in [9.17, 15) is 10.1 Å². The fourth-order valence-corrected chi connectivity index (χ4v) is 2.89. The molecular formula is C13H17BrN2O3. The van der Waals surface area contributed by atoms with Gasteiger partial charge in [-0.25, -0.2) is 0 Å². The summed E-state index contributed by atoms with van der Waals surface area (Å²) in [5, 5.41) is 11.4. The van der Waals surface area contributed by atoms with E-state index in [4.69, 9.17) is 4.74 Å². The Morgan fingerprint density at radius 3 is 2.58 bits per heavy atom. The number of nitrogens with zero attached hydrogens (tertiary/aromatic N) is 2. The Balaban J connectivity index is 2.27. The van der Waals surface area contributed by atoms with Crippen LogP contribution in [-0.4, -0.2) is 30.2 Å². The maximum Gasteiger partial charge on any atom is 0.273 e. The van der Waals surface area contributed by atoms with Crippen molar-refractivity contribution < 1.29 is 9.66 Å². The van der Waals surface area contributed by atoms with Gasteiger partial charge in [0.05, 0.1) is 17.1 Å². The van der Waals surface area contributed by atoms with Crippen LogP contribution in [0.15, 0.2) is 18.2 Å². The van der Waals surface area contributed by atoms with Crippen LogP contribution in [0.25, 0.3) is 0 Å². The summed E-state index contributed by atoms with van der Waals surface area (Å²) in [5.41, 5.74) is 1.88. The van der Waals surface area contributed by atoms with Gasteiger partial charge in [0, 0.05) is 35.7 Å². The van der Waals surface area contributed by atoms with Gasteiger partial charge in [-0.15, -0.1) is 0 Å². The van der Waals surface area contributed by atoms with Gasteiger partial charge in [0.25, 0.3) is 5.69 Å². The molecule has 5 nitrogen and oxygen atoms in total. The Labute approximate surface area is 120 Å². The molecule has 1 aliphatic rings. The zero-order valence-corrected chi connectivity index (χ0v) is 12.6. The average Bonchev–Trinajstić information content (AvgIpc) is 2.36. The normalized spacial score (nSPS) is 23.4. The third kappa shape index (κ3) is 3.25. The first-order valence-electron chi connectivity index (χ1n) is 6.25. The van der Waals surface area contributed by atoms with Gasteiger partial charge >= 0.3 is 0 Å². The monoisotopic (exact) mass is 328 g/mol. The number of ether oxygens (including phenoxy) is 1. The van der Waals surface area contributed by atoms with Crippen LogP contribution in [0.4, 0.5) is 11.4 Å². The first-order chi connectivity index (χ1) is 9.01. The molecule has 2 unspecified atom stereocenters. The summed E-state index contributed by atoms with van der Waals surface area (Å²) in [6, 6.07) is 5.28. The maximum atomic E-state index is 10.9. The molecule has 19 heavy (non-hydrogen) atoms. The molecule has 2 rings (SSSR count). The topological polar surface area (TPSA) is 55.6 Å². The number of hydrogen-bond donors (Lipinski definition) is 0. The number of alkyl halides is 1. The first-order valence-corrected chi connectivity index (χ1v) is 7.37. The Morgan fingerprint density at radius 2 is 2.05 bits per heavy atom. The molecule has 1 aromatic carbocycles. The van der Waals surface area contributed by atoms with Crippen LogP contribution in [0.1, 0.15) is 19.4 Å². The standard InChI is InChI=1S/C13H17BrN2O3/c1-9-7-15(8-10(2)19-9)12-3-4-13(16(17)18)11(5-12)6-14/h3-5,9-10H,6-8H2,1-2H3. The molecule has 1 aromatic rings. The van der Waals surface area contributed by atoms with E-state index in [0.29, 0.717) is 10.9 Å². The molecule has 2 atom stereocenters. The fourth-order valence-electron chi connectivity index (χ4n) is 2.44. The van der Waals surface area contributed by atoms with Crippen molar-refractivity contribution >= 4 is 27.3 Å². The van der Waals surface area contributed by atoms with Gasteiger partial charge in [-0.2, -0.15) is 0 Å². The minimum Gasteiger partial charge on any atom is -0.372 e. The van der Waals surface area contributed by atoms with Gasteiger partial charge in [-0.1, -0.05) is 15.9 Å². The lowest BCUT2D eigenvalue weighted by Crippen LogP contribution is -2.45. The first kappa shape index (κ1) is 14.3. The zero-order chi connectivity index (χ0) is 14.0. The van der Waals surface area contributed by atoms with Crippen molar-refractivity contribution in [1.82, 2.24) is 0 Å². The molecule has 0 aromatic heterocycles. The Kier molecular flexibility index (Phi) is 4.42. The molecule has 0 bridgehead atoms. The SMILES string of the molecule is CC1CN(c2ccc([N+](=O)[O-])c(CBr)c2)CC(C)O1. The van der Waals surface area contributed by atoms with E-state index in [0.717, 1.165) is 18.8 Å². The average molecular weight is 329 g/mol. The summed E-state index contributed by atoms with van der Waals surface area (Å²) in [7, 11) is 0. The van der Waals surface area contributed by atoms with E-state index in [2.05, 4.69) is 20.8 Å². The number of morpholine rings is 1. The minimum atomic E-state index is -0.342. The molecular weight excluding hydrogens is 312 g/mol. The molecule has 1 heterocycles. The number of anilines is 1. The molecule has 0 N–H and O–H groups in total. The van der Waals surface area contributed by atoms with Crippen molar-refractivity contribution in [3.8, 4) is 0 Å². The lowest BCUT2D eigenvalue weighted by molar-refractivity contribution is -0.385. The highest BCUT2D eigenvalue weighted by atomic mass is 79.9. The van der Waals surface area contributed by atoms with E-state index < -0.39 is 0 Å². The van der Waals surface area contributed by atoms with Gasteiger partial charge in [0.2, 0.25) is 0 Å². The quantitative estimate of drug-likeness (QED) is 0.486. The summed E-state index contributed by atoms with van der Waals surface area (Å²) < 4.78 is 5.70. The lowest BCUT2D eigenvalue weighted by atomic mass is 10.1. The molecule has 0 saturated carbocycles. The fraction of sp³-hybridized carbons (Fsp3) is 0.538. The van der Waals surface area contributed by atoms with Crippen molar-refractivity contribution in [3.63, 3.8) is 0 Å². The van der Waals surface area contributed by atoms with E-state index >= 15 is 0 Å². The molecule has 6 heteroatoms. The molecule has 0 amide bonds. The van der Waals surface area contributed by atoms with Gasteiger partial charge in [0.1, 0.15) is 0 Å². The van der Waals surface area contributed by atoms with E-state index in [-0.39, 0.29) is 22.8 Å². The highest BCUT2D eigenvalue weighted by molar-refractivity contribution is 9.08. The van der Waals surface area contributed by atoms with E-state index in [1.807, 2.05) is 26.0 Å². The number of nitro groups is 1. The number of hydrogen-bond acceptors (Lipinski definition) is 4. The van der Waals surface area contributed by atoms with Crippen molar-refractivity contribution in [2.45, 2.75) is 31.4 Å². The minimum absolute atomic E-state index is 0.162. The number of nitro benzene ring substituents is 1. The van der Waals surface area contributed by atoms with Crippen LogP contribution in [-0.2, 0) is 10.1 Å². The third-order valence-corrected chi connectivity index (χ3v) is 3.79. The summed E-state index contributed by atoms with van der Waals surface area (Å²) in [4.78, 5) is 12.8. The molecule has 1 saturated heterocycles. The maximum absolute atomic E-state index is 10.9. The predicted molar refractivity (Wildman–Crippen MR) is 77.9 cm³/mol. The Morgan fingerprint density at radius 1 is 1.42 bits per heavy atom. The van der Waals surface area contributed by atoms with Crippen LogP contribution >= 0.6 is 15.9 Å². The lowest BCUT2D eigenvalue weighted by Gasteiger charge is -2.37. The van der Waals surface area contributed by atoms with Crippen molar-refractivity contribution in [2.24, 2.45) is 0 Å². The van der Waals surface area contributed by atoms with Gasteiger partial charge in [-0.3, -0.25) is 10.1 Å². The molecule has 0 spiro atoms. The number of halogens is 1. The molecule has 0 aliphatic carbocycles. The van der Waals surface area contributed by atoms with Crippen LogP contribution in [0.5, 0.6) is 0 Å². The number of benzene rings is 1. The van der Waals surface area contributed by atoms with Crippen LogP contribution in [0.3, 0.4) is 0 Å². The van der Waals surface area contributed by atoms with E-state index in [1.54, 1.807) is 6.07 Å². The summed E-state index contributed by atoms with van der Waals surface area (Å²) in [6.45, 7) is 5.70. The van der Waals surface area contributed by atoms with Crippen LogP contribution in [0, 0.1) is 10.1 Å². The highest BCUT2D eigenvalue weighted by Gasteiger charge is 2.23. The van der Waals surface area contributed by atoms with Crippen molar-refractivity contribution in [2.75, 3.05) is 18.0 Å². The summed E-state index contributed by atoms with van der Waals surface area (Å²) in [6.07, 6.45) is 0.345. The Bertz CT molecular complexity index is 471. The summed E-state index contributed by atoms with van der Waals surface area (Å²) in [5.74, 6) is 0. The van der Waals surface area contributed by atoms with Crippen molar-refractivity contribution in [3.05, 3.63) is 33.9 Å². The Hall–Kier alpha value is -1.14. The van der Waals surface area contributed by atoms with Gasteiger partial charge in [-0.05, 0) is 26.0 Å². The van der Waals surface area contributed by atoms with Crippen LogP contribution < -0.4 is 4.90 Å². The van der Waals surface area contributed by atoms with Gasteiger partial charge in [0.15, 0.2) is 0 Å². The van der Waals surface area contributed by atoms with Gasteiger partial charge < -0.3 is 9.64 Å². The van der Waals surface area contributed by atoms with E-state index in [1.165, 1.54) is 0 Å². The van der Waals surface area contributed by atoms with Crippen LogP contribution in [0.2, 0.25) is 0 Å². The summed E-state index contributed by atoms with van der Waals surface area (Å²) >= 11 is 3.31.